The zero-order valence-corrected chi connectivity index (χ0v) is 11.2. The van der Waals surface area contributed by atoms with Crippen LogP contribution in [0.5, 0.6) is 5.88 Å². The summed E-state index contributed by atoms with van der Waals surface area (Å²) in [5.74, 6) is 1.35. The Morgan fingerprint density at radius 3 is 2.89 bits per heavy atom. The monoisotopic (exact) mass is 251 g/mol. The van der Waals surface area contributed by atoms with E-state index in [0.29, 0.717) is 25.5 Å². The van der Waals surface area contributed by atoms with Gasteiger partial charge in [-0.15, -0.1) is 0 Å². The fourth-order valence-electron chi connectivity index (χ4n) is 1.44. The Morgan fingerprint density at radius 2 is 2.22 bits per heavy atom. The fraction of sp³-hybridized carbons (Fsp3) is 0.538. The predicted molar refractivity (Wildman–Crippen MR) is 71.8 cm³/mol. The van der Waals surface area contributed by atoms with E-state index in [4.69, 9.17) is 4.74 Å². The molecule has 0 aliphatic heterocycles. The maximum Gasteiger partial charge on any atom is 0.221 e. The van der Waals surface area contributed by atoms with E-state index in [1.165, 1.54) is 0 Å². The van der Waals surface area contributed by atoms with Gasteiger partial charge in [0.05, 0.1) is 6.61 Å². The normalized spacial score (nSPS) is 10.2. The van der Waals surface area contributed by atoms with Gasteiger partial charge in [-0.05, 0) is 26.8 Å². The molecule has 100 valence electrons. The average Bonchev–Trinajstić information content (AvgIpc) is 2.29. The Kier molecular flexibility index (Phi) is 5.97. The van der Waals surface area contributed by atoms with Crippen LogP contribution in [0.15, 0.2) is 18.2 Å². The number of nitrogens with zero attached hydrogens (tertiary/aromatic N) is 1. The van der Waals surface area contributed by atoms with Crippen molar-refractivity contribution in [3.63, 3.8) is 0 Å². The number of carbonyl (C=O) groups excluding carboxylic acids is 1. The van der Waals surface area contributed by atoms with E-state index in [2.05, 4.69) is 15.6 Å². The van der Waals surface area contributed by atoms with Crippen molar-refractivity contribution in [3.8, 4) is 5.88 Å². The van der Waals surface area contributed by atoms with Crippen LogP contribution in [0, 0.1) is 0 Å². The number of anilines is 1. The van der Waals surface area contributed by atoms with Crippen LogP contribution in [0.1, 0.15) is 27.2 Å². The second-order valence-electron chi connectivity index (χ2n) is 4.19. The second-order valence-corrected chi connectivity index (χ2v) is 4.19. The zero-order valence-electron chi connectivity index (χ0n) is 11.2. The summed E-state index contributed by atoms with van der Waals surface area (Å²) in [7, 11) is 0. The molecule has 1 amide bonds. The number of carbonyl (C=O) groups is 1. The van der Waals surface area contributed by atoms with Gasteiger partial charge in [0, 0.05) is 25.1 Å². The Labute approximate surface area is 108 Å². The Morgan fingerprint density at radius 1 is 1.44 bits per heavy atom. The smallest absolute Gasteiger partial charge is 0.221 e. The number of pyridine rings is 1. The lowest BCUT2D eigenvalue weighted by Crippen LogP contribution is -2.31. The summed E-state index contributed by atoms with van der Waals surface area (Å²) in [6.45, 7) is 6.95. The Balaban J connectivity index is 2.34. The van der Waals surface area contributed by atoms with Gasteiger partial charge in [-0.1, -0.05) is 6.07 Å². The van der Waals surface area contributed by atoms with Gasteiger partial charge < -0.3 is 15.4 Å². The van der Waals surface area contributed by atoms with Gasteiger partial charge in [0.1, 0.15) is 5.82 Å². The van der Waals surface area contributed by atoms with Gasteiger partial charge >= 0.3 is 0 Å². The molecule has 0 aliphatic carbocycles. The van der Waals surface area contributed by atoms with Gasteiger partial charge in [-0.3, -0.25) is 4.79 Å². The number of aromatic nitrogens is 1. The van der Waals surface area contributed by atoms with Gasteiger partial charge in [0.2, 0.25) is 11.8 Å². The molecule has 0 bridgehead atoms. The molecule has 1 rings (SSSR count). The van der Waals surface area contributed by atoms with Crippen LogP contribution in [0.3, 0.4) is 0 Å². The maximum absolute atomic E-state index is 11.4. The standard InChI is InChI=1S/C13H21N3O2/c1-4-18-13-7-5-6-11(16-13)14-9-8-12(17)15-10(2)3/h5-7,10H,4,8-9H2,1-3H3,(H,14,16)(H,15,17). The van der Waals surface area contributed by atoms with E-state index in [9.17, 15) is 4.79 Å². The Bertz CT molecular complexity index is 380. The minimum absolute atomic E-state index is 0.0402. The zero-order chi connectivity index (χ0) is 13.4. The molecule has 0 atom stereocenters. The minimum Gasteiger partial charge on any atom is -0.478 e. The van der Waals surface area contributed by atoms with E-state index < -0.39 is 0 Å². The summed E-state index contributed by atoms with van der Waals surface area (Å²) >= 11 is 0. The highest BCUT2D eigenvalue weighted by atomic mass is 16.5. The van der Waals surface area contributed by atoms with E-state index in [1.54, 1.807) is 6.07 Å². The summed E-state index contributed by atoms with van der Waals surface area (Å²) in [6, 6.07) is 5.70. The molecule has 0 spiro atoms. The summed E-state index contributed by atoms with van der Waals surface area (Å²) in [6.07, 6.45) is 0.429. The third kappa shape index (κ3) is 5.52. The van der Waals surface area contributed by atoms with E-state index >= 15 is 0 Å². The van der Waals surface area contributed by atoms with E-state index in [1.807, 2.05) is 32.9 Å². The molecule has 0 fully saturated rings. The van der Waals surface area contributed by atoms with Gasteiger partial charge in [-0.2, -0.15) is 4.98 Å². The lowest BCUT2D eigenvalue weighted by atomic mass is 10.3. The van der Waals surface area contributed by atoms with Crippen LogP contribution in [-0.4, -0.2) is 30.1 Å². The first kappa shape index (κ1) is 14.3. The number of hydrogen-bond donors (Lipinski definition) is 2. The molecule has 1 heterocycles. The van der Waals surface area contributed by atoms with Gasteiger partial charge in [-0.25, -0.2) is 0 Å². The van der Waals surface area contributed by atoms with Crippen molar-refractivity contribution in [2.24, 2.45) is 0 Å². The van der Waals surface area contributed by atoms with Crippen molar-refractivity contribution in [1.82, 2.24) is 10.3 Å². The molecule has 5 heteroatoms. The van der Waals surface area contributed by atoms with Crippen LogP contribution in [-0.2, 0) is 4.79 Å². The SMILES string of the molecule is CCOc1cccc(NCCC(=O)NC(C)C)n1. The topological polar surface area (TPSA) is 63.2 Å². The average molecular weight is 251 g/mol. The lowest BCUT2D eigenvalue weighted by Gasteiger charge is -2.09. The first-order valence-electron chi connectivity index (χ1n) is 6.25. The molecular formula is C13H21N3O2. The molecule has 0 unspecified atom stereocenters. The molecular weight excluding hydrogens is 230 g/mol. The first-order chi connectivity index (χ1) is 8.61. The summed E-state index contributed by atoms with van der Waals surface area (Å²) in [5, 5.41) is 5.93. The quantitative estimate of drug-likeness (QED) is 0.775. The molecule has 0 aromatic carbocycles. The highest BCUT2D eigenvalue weighted by Gasteiger charge is 2.03. The summed E-state index contributed by atoms with van der Waals surface area (Å²) in [5.41, 5.74) is 0. The van der Waals surface area contributed by atoms with E-state index in [0.717, 1.165) is 5.82 Å². The van der Waals surface area contributed by atoms with Crippen molar-refractivity contribution < 1.29 is 9.53 Å². The van der Waals surface area contributed by atoms with Crippen molar-refractivity contribution in [2.45, 2.75) is 33.2 Å². The molecule has 0 radical (unpaired) electrons. The van der Waals surface area contributed by atoms with Crippen LogP contribution < -0.4 is 15.4 Å². The third-order valence-electron chi connectivity index (χ3n) is 2.12. The van der Waals surface area contributed by atoms with E-state index in [-0.39, 0.29) is 11.9 Å². The molecule has 1 aromatic heterocycles. The maximum atomic E-state index is 11.4. The number of nitrogens with one attached hydrogen (secondary N) is 2. The Hall–Kier alpha value is -1.78. The van der Waals surface area contributed by atoms with Crippen LogP contribution in [0.4, 0.5) is 5.82 Å². The highest BCUT2D eigenvalue weighted by Crippen LogP contribution is 2.10. The molecule has 2 N–H and O–H groups in total. The molecule has 0 saturated carbocycles. The van der Waals surface area contributed by atoms with Crippen molar-refractivity contribution in [2.75, 3.05) is 18.5 Å². The summed E-state index contributed by atoms with van der Waals surface area (Å²) in [4.78, 5) is 15.7. The number of amides is 1. The minimum atomic E-state index is 0.0402. The van der Waals surface area contributed by atoms with Crippen molar-refractivity contribution >= 4 is 11.7 Å². The second kappa shape index (κ2) is 7.53. The molecule has 18 heavy (non-hydrogen) atoms. The number of hydrogen-bond acceptors (Lipinski definition) is 4. The molecule has 1 aromatic rings. The van der Waals surface area contributed by atoms with Crippen LogP contribution in [0.2, 0.25) is 0 Å². The number of ether oxygens (including phenoxy) is 1. The molecule has 0 saturated heterocycles. The fourth-order valence-corrected chi connectivity index (χ4v) is 1.44. The molecule has 0 aliphatic rings. The largest absolute Gasteiger partial charge is 0.478 e. The molecule has 5 nitrogen and oxygen atoms in total. The highest BCUT2D eigenvalue weighted by molar-refractivity contribution is 5.76. The first-order valence-corrected chi connectivity index (χ1v) is 6.25. The van der Waals surface area contributed by atoms with Crippen molar-refractivity contribution in [1.29, 1.82) is 0 Å². The predicted octanol–water partition coefficient (Wildman–Crippen LogP) is 1.81. The van der Waals surface area contributed by atoms with Gasteiger partial charge in [0.25, 0.3) is 0 Å². The van der Waals surface area contributed by atoms with Gasteiger partial charge in [0.15, 0.2) is 0 Å². The van der Waals surface area contributed by atoms with Crippen LogP contribution >= 0.6 is 0 Å². The lowest BCUT2D eigenvalue weighted by molar-refractivity contribution is -0.121. The van der Waals surface area contributed by atoms with Crippen molar-refractivity contribution in [3.05, 3.63) is 18.2 Å². The number of rotatable bonds is 7. The van der Waals surface area contributed by atoms with Crippen LogP contribution in [0.25, 0.3) is 0 Å². The summed E-state index contributed by atoms with van der Waals surface area (Å²) < 4.78 is 5.30. The third-order valence-corrected chi connectivity index (χ3v) is 2.12.